The molecule has 0 spiro atoms. The predicted molar refractivity (Wildman–Crippen MR) is 84.8 cm³/mol. The van der Waals surface area contributed by atoms with Crippen LogP contribution < -0.4 is 9.64 Å². The Bertz CT molecular complexity index is 523. The van der Waals surface area contributed by atoms with Crippen LogP contribution >= 0.6 is 11.6 Å². The highest BCUT2D eigenvalue weighted by Gasteiger charge is 2.17. The minimum Gasteiger partial charge on any atom is -0.495 e. The highest BCUT2D eigenvalue weighted by Crippen LogP contribution is 2.36. The second-order valence-electron chi connectivity index (χ2n) is 4.75. The third-order valence-corrected chi connectivity index (χ3v) is 3.69. The van der Waals surface area contributed by atoms with Gasteiger partial charge in [-0.05, 0) is 38.0 Å². The summed E-state index contributed by atoms with van der Waals surface area (Å²) in [7, 11) is 3.32. The van der Waals surface area contributed by atoms with Crippen molar-refractivity contribution in [3.8, 4) is 5.75 Å². The molecule has 0 saturated carbocycles. The number of benzene rings is 1. The number of nitrogens with zero attached hydrogens (tertiary/aromatic N) is 1. The summed E-state index contributed by atoms with van der Waals surface area (Å²) in [6.45, 7) is 5.91. The summed E-state index contributed by atoms with van der Waals surface area (Å²) in [6, 6.07) is 3.87. The number of allylic oxidation sites excluding steroid dienone is 2. The molecule has 1 aromatic carbocycles. The lowest BCUT2D eigenvalue weighted by molar-refractivity contribution is -0.118. The van der Waals surface area contributed by atoms with Gasteiger partial charge in [0.15, 0.2) is 0 Å². The maximum atomic E-state index is 11.9. The summed E-state index contributed by atoms with van der Waals surface area (Å²) in [5.74, 6) is 0.618. The van der Waals surface area contributed by atoms with Crippen LogP contribution in [0.1, 0.15) is 32.8 Å². The molecule has 0 N–H and O–H groups in total. The lowest BCUT2D eigenvalue weighted by Gasteiger charge is -2.21. The molecule has 0 aliphatic heterocycles. The van der Waals surface area contributed by atoms with E-state index in [9.17, 15) is 4.79 Å². The normalized spacial score (nSPS) is 11.4. The molecule has 0 heterocycles. The highest BCUT2D eigenvalue weighted by atomic mass is 35.5. The van der Waals surface area contributed by atoms with E-state index in [0.29, 0.717) is 22.9 Å². The number of hydrogen-bond acceptors (Lipinski definition) is 2. The van der Waals surface area contributed by atoms with Crippen LogP contribution in [0.15, 0.2) is 23.8 Å². The number of ether oxygens (including phenoxy) is 1. The molecule has 1 rings (SSSR count). The predicted octanol–water partition coefficient (Wildman–Crippen LogP) is 4.23. The third kappa shape index (κ3) is 3.76. The molecule has 110 valence electrons. The topological polar surface area (TPSA) is 29.5 Å². The number of amides is 1. The van der Waals surface area contributed by atoms with Crippen molar-refractivity contribution >= 4 is 23.2 Å². The van der Waals surface area contributed by atoms with Crippen molar-refractivity contribution in [2.24, 2.45) is 0 Å². The van der Waals surface area contributed by atoms with Crippen LogP contribution in [0.25, 0.3) is 0 Å². The zero-order chi connectivity index (χ0) is 15.3. The van der Waals surface area contributed by atoms with Crippen molar-refractivity contribution in [1.82, 2.24) is 0 Å². The van der Waals surface area contributed by atoms with Gasteiger partial charge in [0.05, 0.1) is 12.8 Å². The molecule has 0 atom stereocenters. The molecular weight excluding hydrogens is 274 g/mol. The Labute approximate surface area is 126 Å². The van der Waals surface area contributed by atoms with E-state index in [4.69, 9.17) is 16.3 Å². The van der Waals surface area contributed by atoms with Crippen molar-refractivity contribution in [3.63, 3.8) is 0 Å². The van der Waals surface area contributed by atoms with Crippen molar-refractivity contribution in [2.75, 3.05) is 19.1 Å². The maximum Gasteiger partial charge on any atom is 0.226 e. The second-order valence-corrected chi connectivity index (χ2v) is 5.13. The van der Waals surface area contributed by atoms with Crippen molar-refractivity contribution in [2.45, 2.75) is 33.6 Å². The molecule has 0 fully saturated rings. The van der Waals surface area contributed by atoms with Gasteiger partial charge < -0.3 is 9.64 Å². The van der Waals surface area contributed by atoms with E-state index in [2.05, 4.69) is 13.0 Å². The van der Waals surface area contributed by atoms with Crippen molar-refractivity contribution < 1.29 is 9.53 Å². The molecule has 4 heteroatoms. The van der Waals surface area contributed by atoms with Crippen LogP contribution in [0.4, 0.5) is 5.69 Å². The zero-order valence-corrected chi connectivity index (χ0v) is 13.5. The van der Waals surface area contributed by atoms with Crippen LogP contribution in [0.2, 0.25) is 5.02 Å². The summed E-state index contributed by atoms with van der Waals surface area (Å²) in [5.41, 5.74) is 3.02. The van der Waals surface area contributed by atoms with E-state index in [1.165, 1.54) is 5.57 Å². The first kappa shape index (κ1) is 16.6. The van der Waals surface area contributed by atoms with E-state index in [1.807, 2.05) is 26.0 Å². The molecule has 0 radical (unpaired) electrons. The van der Waals surface area contributed by atoms with E-state index < -0.39 is 0 Å². The SMILES string of the molecule is C/C=C(\C)Cc1cc(OC)c(Cl)c(N(C)C(=O)CC)c1. The minimum atomic E-state index is 0.0221. The molecule has 20 heavy (non-hydrogen) atoms. The Morgan fingerprint density at radius 3 is 2.60 bits per heavy atom. The first-order valence-corrected chi connectivity index (χ1v) is 7.07. The Morgan fingerprint density at radius 1 is 1.45 bits per heavy atom. The van der Waals surface area contributed by atoms with Crippen LogP contribution in [-0.2, 0) is 11.2 Å². The van der Waals surface area contributed by atoms with Crippen LogP contribution in [0.5, 0.6) is 5.75 Å². The fourth-order valence-electron chi connectivity index (χ4n) is 1.93. The number of rotatable bonds is 5. The lowest BCUT2D eigenvalue weighted by atomic mass is 10.0. The van der Waals surface area contributed by atoms with E-state index in [0.717, 1.165) is 12.0 Å². The number of carbonyl (C=O) groups excluding carboxylic acids is 1. The number of methoxy groups -OCH3 is 1. The summed E-state index contributed by atoms with van der Waals surface area (Å²) < 4.78 is 5.32. The molecule has 0 unspecified atom stereocenters. The molecule has 0 aliphatic rings. The molecular formula is C16H22ClNO2. The summed E-state index contributed by atoms with van der Waals surface area (Å²) in [6.07, 6.45) is 3.32. The molecule has 1 amide bonds. The van der Waals surface area contributed by atoms with Crippen molar-refractivity contribution in [1.29, 1.82) is 0 Å². The Hall–Kier alpha value is -1.48. The maximum absolute atomic E-state index is 11.9. The monoisotopic (exact) mass is 295 g/mol. The standard InChI is InChI=1S/C16H22ClNO2/c1-6-11(3)8-12-9-13(18(4)15(19)7-2)16(17)14(10-12)20-5/h6,9-10H,7-8H2,1-5H3/b11-6+. The molecule has 1 aromatic rings. The molecule has 0 saturated heterocycles. The summed E-state index contributed by atoms with van der Waals surface area (Å²) >= 11 is 6.31. The first-order chi connectivity index (χ1) is 9.44. The smallest absolute Gasteiger partial charge is 0.226 e. The van der Waals surface area contributed by atoms with Crippen molar-refractivity contribution in [3.05, 3.63) is 34.4 Å². The van der Waals surface area contributed by atoms with Gasteiger partial charge in [-0.15, -0.1) is 0 Å². The van der Waals surface area contributed by atoms with E-state index in [1.54, 1.807) is 19.1 Å². The Morgan fingerprint density at radius 2 is 2.10 bits per heavy atom. The summed E-state index contributed by atoms with van der Waals surface area (Å²) in [5, 5.41) is 0.471. The zero-order valence-electron chi connectivity index (χ0n) is 12.8. The van der Waals surface area contributed by atoms with Gasteiger partial charge in [0.1, 0.15) is 10.8 Å². The Balaban J connectivity index is 3.28. The quantitative estimate of drug-likeness (QED) is 0.761. The first-order valence-electron chi connectivity index (χ1n) is 6.69. The molecule has 0 aliphatic carbocycles. The fourth-order valence-corrected chi connectivity index (χ4v) is 2.24. The largest absolute Gasteiger partial charge is 0.495 e. The molecule has 0 bridgehead atoms. The fraction of sp³-hybridized carbons (Fsp3) is 0.438. The van der Waals surface area contributed by atoms with E-state index >= 15 is 0 Å². The number of anilines is 1. The summed E-state index contributed by atoms with van der Waals surface area (Å²) in [4.78, 5) is 13.5. The van der Waals surface area contributed by atoms with Gasteiger partial charge >= 0.3 is 0 Å². The Kier molecular flexibility index (Phi) is 6.08. The van der Waals surface area contributed by atoms with Gasteiger partial charge in [0, 0.05) is 13.5 Å². The van der Waals surface area contributed by atoms with Crippen LogP contribution in [0.3, 0.4) is 0 Å². The van der Waals surface area contributed by atoms with E-state index in [-0.39, 0.29) is 5.91 Å². The van der Waals surface area contributed by atoms with Gasteiger partial charge in [-0.1, -0.05) is 30.2 Å². The third-order valence-electron chi connectivity index (χ3n) is 3.31. The van der Waals surface area contributed by atoms with Gasteiger partial charge in [0.2, 0.25) is 5.91 Å². The number of carbonyl (C=O) groups is 1. The lowest BCUT2D eigenvalue weighted by Crippen LogP contribution is -2.25. The number of hydrogen-bond donors (Lipinski definition) is 0. The molecule has 3 nitrogen and oxygen atoms in total. The highest BCUT2D eigenvalue weighted by molar-refractivity contribution is 6.35. The van der Waals surface area contributed by atoms with Gasteiger partial charge in [-0.2, -0.15) is 0 Å². The van der Waals surface area contributed by atoms with Gasteiger partial charge in [-0.3, -0.25) is 4.79 Å². The van der Waals surface area contributed by atoms with Crippen LogP contribution in [-0.4, -0.2) is 20.1 Å². The average Bonchev–Trinajstić information content (AvgIpc) is 2.46. The van der Waals surface area contributed by atoms with Gasteiger partial charge in [0.25, 0.3) is 0 Å². The minimum absolute atomic E-state index is 0.0221. The second kappa shape index (κ2) is 7.34. The molecule has 0 aromatic heterocycles. The number of halogens is 1. The van der Waals surface area contributed by atoms with Gasteiger partial charge in [-0.25, -0.2) is 0 Å². The van der Waals surface area contributed by atoms with Crippen LogP contribution in [0, 0.1) is 0 Å². The average molecular weight is 296 g/mol.